The molecule has 0 spiro atoms. The molecule has 1 rings (SSSR count). The van der Waals surface area contributed by atoms with E-state index in [0.717, 1.165) is 5.56 Å². The number of hydrogen-bond acceptors (Lipinski definition) is 2. The highest BCUT2D eigenvalue weighted by Crippen LogP contribution is 2.23. The van der Waals surface area contributed by atoms with Gasteiger partial charge in [-0.15, -0.1) is 0 Å². The summed E-state index contributed by atoms with van der Waals surface area (Å²) >= 11 is 5.76. The van der Waals surface area contributed by atoms with Gasteiger partial charge in [-0.2, -0.15) is 0 Å². The van der Waals surface area contributed by atoms with Gasteiger partial charge in [0.2, 0.25) is 0 Å². The predicted octanol–water partition coefficient (Wildman–Crippen LogP) is 1.61. The van der Waals surface area contributed by atoms with E-state index in [1.165, 1.54) is 0 Å². The monoisotopic (exact) mass is 170 g/mol. The lowest BCUT2D eigenvalue weighted by atomic mass is 10.2. The first-order valence-corrected chi connectivity index (χ1v) is 3.60. The molecule has 0 unspecified atom stereocenters. The molecule has 0 aliphatic carbocycles. The van der Waals surface area contributed by atoms with E-state index < -0.39 is 0 Å². The summed E-state index contributed by atoms with van der Waals surface area (Å²) in [5.41, 5.74) is 6.29. The van der Waals surface area contributed by atoms with Gasteiger partial charge in [0.25, 0.3) is 0 Å². The lowest BCUT2D eigenvalue weighted by Gasteiger charge is -2.03. The lowest BCUT2D eigenvalue weighted by molar-refractivity contribution is 0.413. The maximum absolute atomic E-state index is 5.76. The van der Waals surface area contributed by atoms with Gasteiger partial charge in [-0.1, -0.05) is 17.7 Å². The van der Waals surface area contributed by atoms with E-state index in [9.17, 15) is 0 Å². The van der Waals surface area contributed by atoms with E-state index in [4.69, 9.17) is 22.1 Å². The van der Waals surface area contributed by atoms with E-state index >= 15 is 0 Å². The lowest BCUT2D eigenvalue weighted by Crippen LogP contribution is -1.97. The predicted molar refractivity (Wildman–Crippen MR) is 44.7 cm³/mol. The molecule has 0 bridgehead atoms. The van der Waals surface area contributed by atoms with Crippen LogP contribution in [0.25, 0.3) is 0 Å². The number of halogens is 1. The van der Waals surface area contributed by atoms with E-state index in [2.05, 4.69) is 6.07 Å². The van der Waals surface area contributed by atoms with Crippen molar-refractivity contribution in [2.75, 3.05) is 7.11 Å². The zero-order chi connectivity index (χ0) is 8.27. The first kappa shape index (κ1) is 8.37. The largest absolute Gasteiger partial charge is 0.495 e. The summed E-state index contributed by atoms with van der Waals surface area (Å²) in [5, 5.41) is 0.560. The highest BCUT2D eigenvalue weighted by atomic mass is 35.5. The van der Waals surface area contributed by atoms with Crippen molar-refractivity contribution >= 4 is 11.6 Å². The van der Waals surface area contributed by atoms with Crippen molar-refractivity contribution in [2.45, 2.75) is 6.54 Å². The third-order valence-electron chi connectivity index (χ3n) is 1.35. The van der Waals surface area contributed by atoms with Gasteiger partial charge in [0.1, 0.15) is 5.75 Å². The van der Waals surface area contributed by atoms with Gasteiger partial charge in [-0.3, -0.25) is 0 Å². The number of benzene rings is 1. The molecule has 1 aromatic rings. The Hall–Kier alpha value is -0.730. The molecule has 0 fully saturated rings. The average Bonchev–Trinajstić information content (AvgIpc) is 2.05. The molecular weight excluding hydrogens is 162 g/mol. The topological polar surface area (TPSA) is 35.2 Å². The van der Waals surface area contributed by atoms with Gasteiger partial charge < -0.3 is 10.5 Å². The van der Waals surface area contributed by atoms with E-state index in [-0.39, 0.29) is 0 Å². The highest BCUT2D eigenvalue weighted by molar-refractivity contribution is 6.32. The number of methoxy groups -OCH3 is 1. The normalized spacial score (nSPS) is 9.73. The van der Waals surface area contributed by atoms with Crippen LogP contribution in [0.5, 0.6) is 5.75 Å². The Kier molecular flexibility index (Phi) is 2.74. The standard InChI is InChI=1S/C8H9ClNO/c1-11-8-4-6(5-10)2-3-7(8)9/h2-3H,5,10H2,1H3. The summed E-state index contributed by atoms with van der Waals surface area (Å²) in [6.45, 7) is 0.452. The van der Waals surface area contributed by atoms with E-state index in [0.29, 0.717) is 17.3 Å². The van der Waals surface area contributed by atoms with Gasteiger partial charge in [0.05, 0.1) is 12.1 Å². The van der Waals surface area contributed by atoms with Crippen LogP contribution in [0, 0.1) is 6.07 Å². The Balaban J connectivity index is 3.02. The Morgan fingerprint density at radius 3 is 2.91 bits per heavy atom. The van der Waals surface area contributed by atoms with Gasteiger partial charge in [0, 0.05) is 12.6 Å². The van der Waals surface area contributed by atoms with Gasteiger partial charge in [-0.05, 0) is 11.6 Å². The van der Waals surface area contributed by atoms with Crippen LogP contribution in [0.1, 0.15) is 5.56 Å². The number of ether oxygens (including phenoxy) is 1. The van der Waals surface area contributed by atoms with Crippen molar-refractivity contribution in [1.29, 1.82) is 0 Å². The number of rotatable bonds is 2. The van der Waals surface area contributed by atoms with Gasteiger partial charge in [-0.25, -0.2) is 0 Å². The zero-order valence-corrected chi connectivity index (χ0v) is 6.98. The molecule has 0 saturated heterocycles. The summed E-state index contributed by atoms with van der Waals surface area (Å²) in [6, 6.07) is 6.51. The molecule has 0 atom stereocenters. The van der Waals surface area contributed by atoms with Gasteiger partial charge in [0.15, 0.2) is 0 Å². The second kappa shape index (κ2) is 3.60. The third-order valence-corrected chi connectivity index (χ3v) is 1.64. The molecule has 11 heavy (non-hydrogen) atoms. The molecule has 2 nitrogen and oxygen atoms in total. The summed E-state index contributed by atoms with van der Waals surface area (Å²) in [6.07, 6.45) is 0. The van der Waals surface area contributed by atoms with Crippen LogP contribution in [0.2, 0.25) is 5.02 Å². The molecule has 0 heterocycles. The Labute approximate surface area is 70.9 Å². The maximum atomic E-state index is 5.76. The molecule has 0 aliphatic heterocycles. The summed E-state index contributed by atoms with van der Waals surface area (Å²) in [5.74, 6) is 0.551. The first-order valence-electron chi connectivity index (χ1n) is 3.22. The van der Waals surface area contributed by atoms with E-state index in [1.807, 2.05) is 6.07 Å². The molecule has 0 amide bonds. The van der Waals surface area contributed by atoms with Crippen LogP contribution in [-0.2, 0) is 6.54 Å². The zero-order valence-electron chi connectivity index (χ0n) is 6.23. The van der Waals surface area contributed by atoms with Crippen LogP contribution >= 0.6 is 11.6 Å². The minimum Gasteiger partial charge on any atom is -0.495 e. The quantitative estimate of drug-likeness (QED) is 0.732. The fourth-order valence-electron chi connectivity index (χ4n) is 0.764. The fraction of sp³-hybridized carbons (Fsp3) is 0.250. The van der Waals surface area contributed by atoms with Crippen LogP contribution in [0.4, 0.5) is 0 Å². The van der Waals surface area contributed by atoms with Crippen LogP contribution < -0.4 is 10.5 Å². The number of nitrogens with two attached hydrogens (primary N) is 1. The van der Waals surface area contributed by atoms with Crippen LogP contribution in [0.15, 0.2) is 12.1 Å². The molecule has 0 aliphatic rings. The molecule has 1 radical (unpaired) electrons. The third kappa shape index (κ3) is 1.85. The highest BCUT2D eigenvalue weighted by Gasteiger charge is 2.00. The minimum atomic E-state index is 0.452. The van der Waals surface area contributed by atoms with Crippen molar-refractivity contribution in [3.63, 3.8) is 0 Å². The summed E-state index contributed by atoms with van der Waals surface area (Å²) < 4.78 is 4.94. The molecule has 59 valence electrons. The van der Waals surface area contributed by atoms with Crippen molar-refractivity contribution in [3.05, 3.63) is 28.8 Å². The van der Waals surface area contributed by atoms with Crippen molar-refractivity contribution < 1.29 is 4.74 Å². The summed E-state index contributed by atoms with van der Waals surface area (Å²) in [7, 11) is 1.55. The number of hydrogen-bond donors (Lipinski definition) is 1. The molecule has 1 aromatic carbocycles. The van der Waals surface area contributed by atoms with Crippen molar-refractivity contribution in [1.82, 2.24) is 0 Å². The van der Waals surface area contributed by atoms with Crippen molar-refractivity contribution in [2.24, 2.45) is 5.73 Å². The SMILES string of the molecule is COc1[c]c(CN)ccc1Cl. The molecule has 2 N–H and O–H groups in total. The van der Waals surface area contributed by atoms with Crippen LogP contribution in [0.3, 0.4) is 0 Å². The maximum Gasteiger partial charge on any atom is 0.145 e. The fourth-order valence-corrected chi connectivity index (χ4v) is 0.952. The second-order valence-corrected chi connectivity index (χ2v) is 2.48. The Morgan fingerprint density at radius 2 is 2.36 bits per heavy atom. The smallest absolute Gasteiger partial charge is 0.145 e. The summed E-state index contributed by atoms with van der Waals surface area (Å²) in [4.78, 5) is 0. The molecule has 0 aromatic heterocycles. The van der Waals surface area contributed by atoms with Crippen LogP contribution in [-0.4, -0.2) is 7.11 Å². The first-order chi connectivity index (χ1) is 5.27. The Morgan fingerprint density at radius 1 is 1.64 bits per heavy atom. The van der Waals surface area contributed by atoms with E-state index in [1.54, 1.807) is 13.2 Å². The molecular formula is C8H9ClNO. The van der Waals surface area contributed by atoms with Crippen molar-refractivity contribution in [3.8, 4) is 5.75 Å². The second-order valence-electron chi connectivity index (χ2n) is 2.07. The van der Waals surface area contributed by atoms with Gasteiger partial charge >= 0.3 is 0 Å². The molecule has 0 saturated carbocycles. The Bertz CT molecular complexity index is 250. The average molecular weight is 171 g/mol. The minimum absolute atomic E-state index is 0.452. The molecule has 3 heteroatoms.